The first kappa shape index (κ1) is 33.9. The fourth-order valence-corrected chi connectivity index (χ4v) is 5.45. The van der Waals surface area contributed by atoms with E-state index in [4.69, 9.17) is 18.9 Å². The molecule has 2 N–H and O–H groups in total. The van der Waals surface area contributed by atoms with Crippen molar-refractivity contribution in [1.29, 1.82) is 0 Å². The lowest BCUT2D eigenvalue weighted by Crippen LogP contribution is -2.16. The second-order valence-corrected chi connectivity index (χ2v) is 10.9. The van der Waals surface area contributed by atoms with Gasteiger partial charge in [0.05, 0.1) is 13.2 Å². The van der Waals surface area contributed by atoms with Crippen LogP contribution in [-0.2, 0) is 44.7 Å². The molecule has 0 atom stereocenters. The van der Waals surface area contributed by atoms with Crippen LogP contribution in [0.15, 0.2) is 72.8 Å². The van der Waals surface area contributed by atoms with E-state index in [1.165, 1.54) is 0 Å². The molecule has 4 rings (SSSR count). The van der Waals surface area contributed by atoms with Gasteiger partial charge in [0.15, 0.2) is 13.2 Å². The number of para-hydroxylation sites is 4. The number of ether oxygens (including phenoxy) is 4. The number of benzene rings is 4. The van der Waals surface area contributed by atoms with Gasteiger partial charge in [0.25, 0.3) is 0 Å². The summed E-state index contributed by atoms with van der Waals surface area (Å²) in [7, 11) is 0. The van der Waals surface area contributed by atoms with Crippen molar-refractivity contribution in [2.24, 2.45) is 0 Å². The fourth-order valence-electron chi connectivity index (χ4n) is 5.45. The van der Waals surface area contributed by atoms with Crippen molar-refractivity contribution < 1.29 is 38.7 Å². The van der Waals surface area contributed by atoms with Gasteiger partial charge in [-0.05, 0) is 71.7 Å². The summed E-state index contributed by atoms with van der Waals surface area (Å²) < 4.78 is 22.1. The number of esters is 2. The van der Waals surface area contributed by atoms with E-state index in [1.54, 1.807) is 13.8 Å². The van der Waals surface area contributed by atoms with Crippen LogP contribution in [0.25, 0.3) is 0 Å². The van der Waals surface area contributed by atoms with E-state index in [0.717, 1.165) is 33.4 Å². The number of aryl methyl sites for hydroxylation is 2. The van der Waals surface area contributed by atoms with Crippen LogP contribution in [0, 0.1) is 6.92 Å². The number of carbonyl (C=O) groups is 2. The molecule has 0 aromatic heterocycles. The standard InChI is InChI=1S/C38H42O8/c1-5-26-13-9-14-27(35(26)41)21-31-18-11-19-32(38(31)46-24-34(40)44-7-3)22-29-16-10-15-28(36(29)42)20-30-17-8-12-25(4)37(30)45-23-33(39)43-6-2/h8-19,41-42H,5-7,20-24H2,1-4H3. The molecule has 0 amide bonds. The number of phenols is 2. The number of hydrogen-bond acceptors (Lipinski definition) is 8. The van der Waals surface area contributed by atoms with Crippen LogP contribution in [0.4, 0.5) is 0 Å². The average molecular weight is 627 g/mol. The maximum atomic E-state index is 12.3. The summed E-state index contributed by atoms with van der Waals surface area (Å²) in [6.45, 7) is 7.42. The zero-order valence-electron chi connectivity index (χ0n) is 26.9. The number of phenolic OH excluding ortho intramolecular Hbond substituents is 2. The van der Waals surface area contributed by atoms with Crippen LogP contribution in [-0.4, -0.2) is 48.6 Å². The van der Waals surface area contributed by atoms with E-state index in [1.807, 2.05) is 86.6 Å². The molecule has 0 heterocycles. The van der Waals surface area contributed by atoms with E-state index in [0.29, 0.717) is 48.3 Å². The molecule has 46 heavy (non-hydrogen) atoms. The number of rotatable bonds is 15. The van der Waals surface area contributed by atoms with Crippen LogP contribution in [0.5, 0.6) is 23.0 Å². The Balaban J connectivity index is 1.65. The van der Waals surface area contributed by atoms with Crippen LogP contribution in [0.2, 0.25) is 0 Å². The first-order chi connectivity index (χ1) is 22.2. The predicted octanol–water partition coefficient (Wildman–Crippen LogP) is 6.62. The van der Waals surface area contributed by atoms with E-state index >= 15 is 0 Å². The summed E-state index contributed by atoms with van der Waals surface area (Å²) in [6, 6.07) is 22.7. The van der Waals surface area contributed by atoms with Gasteiger partial charge in [-0.15, -0.1) is 0 Å². The zero-order valence-corrected chi connectivity index (χ0v) is 26.9. The molecule has 4 aromatic rings. The monoisotopic (exact) mass is 626 g/mol. The fraction of sp³-hybridized carbons (Fsp3) is 0.316. The van der Waals surface area contributed by atoms with Crippen molar-refractivity contribution in [2.75, 3.05) is 26.4 Å². The summed E-state index contributed by atoms with van der Waals surface area (Å²) in [5.74, 6) is 0.545. The summed E-state index contributed by atoms with van der Waals surface area (Å²) >= 11 is 0. The van der Waals surface area contributed by atoms with E-state index in [-0.39, 0.29) is 37.9 Å². The van der Waals surface area contributed by atoms with Gasteiger partial charge in [-0.2, -0.15) is 0 Å². The molecule has 8 nitrogen and oxygen atoms in total. The highest BCUT2D eigenvalue weighted by Gasteiger charge is 2.19. The van der Waals surface area contributed by atoms with Crippen molar-refractivity contribution in [3.63, 3.8) is 0 Å². The van der Waals surface area contributed by atoms with E-state index < -0.39 is 11.9 Å². The van der Waals surface area contributed by atoms with Gasteiger partial charge in [0.1, 0.15) is 23.0 Å². The van der Waals surface area contributed by atoms with E-state index in [2.05, 4.69) is 0 Å². The van der Waals surface area contributed by atoms with Crippen molar-refractivity contribution in [1.82, 2.24) is 0 Å². The topological polar surface area (TPSA) is 112 Å². The first-order valence-corrected chi connectivity index (χ1v) is 15.6. The minimum atomic E-state index is -0.483. The Kier molecular flexibility index (Phi) is 12.1. The third-order valence-corrected chi connectivity index (χ3v) is 7.68. The molecule has 0 bridgehead atoms. The molecule has 0 aliphatic rings. The van der Waals surface area contributed by atoms with Gasteiger partial charge in [0, 0.05) is 19.3 Å². The van der Waals surface area contributed by atoms with E-state index in [9.17, 15) is 19.8 Å². The molecule has 0 aliphatic carbocycles. The zero-order chi connectivity index (χ0) is 33.1. The highest BCUT2D eigenvalue weighted by atomic mass is 16.6. The van der Waals surface area contributed by atoms with Crippen LogP contribution in [0.3, 0.4) is 0 Å². The van der Waals surface area contributed by atoms with Gasteiger partial charge >= 0.3 is 11.9 Å². The summed E-state index contributed by atoms with van der Waals surface area (Å²) in [5.41, 5.74) is 6.23. The second-order valence-electron chi connectivity index (χ2n) is 10.9. The quantitative estimate of drug-likeness (QED) is 0.142. The Morgan fingerprint density at radius 3 is 1.37 bits per heavy atom. The lowest BCUT2D eigenvalue weighted by molar-refractivity contribution is -0.146. The molecule has 0 unspecified atom stereocenters. The van der Waals surface area contributed by atoms with Crippen molar-refractivity contribution in [2.45, 2.75) is 53.4 Å². The normalized spacial score (nSPS) is 10.8. The van der Waals surface area contributed by atoms with Crippen LogP contribution < -0.4 is 9.47 Å². The van der Waals surface area contributed by atoms with Crippen LogP contribution in [0.1, 0.15) is 65.3 Å². The maximum absolute atomic E-state index is 12.3. The average Bonchev–Trinajstić information content (AvgIpc) is 3.03. The molecular weight excluding hydrogens is 584 g/mol. The Hall–Kier alpha value is -4.98. The molecule has 242 valence electrons. The summed E-state index contributed by atoms with van der Waals surface area (Å²) in [5, 5.41) is 22.3. The molecular formula is C38H42O8. The second kappa shape index (κ2) is 16.4. The highest BCUT2D eigenvalue weighted by Crippen LogP contribution is 2.35. The van der Waals surface area contributed by atoms with Crippen molar-refractivity contribution in [3.8, 4) is 23.0 Å². The van der Waals surface area contributed by atoms with Gasteiger partial charge in [0.2, 0.25) is 0 Å². The molecule has 0 spiro atoms. The predicted molar refractivity (Wildman–Crippen MR) is 176 cm³/mol. The Morgan fingerprint density at radius 2 is 0.913 bits per heavy atom. The minimum absolute atomic E-state index is 0.135. The lowest BCUT2D eigenvalue weighted by Gasteiger charge is -2.18. The number of hydrogen-bond donors (Lipinski definition) is 2. The Bertz CT molecular complexity index is 1660. The molecule has 0 aliphatic heterocycles. The van der Waals surface area contributed by atoms with Gasteiger partial charge in [-0.25, -0.2) is 9.59 Å². The first-order valence-electron chi connectivity index (χ1n) is 15.6. The van der Waals surface area contributed by atoms with Gasteiger partial charge in [-0.1, -0.05) is 79.7 Å². The SMILES string of the molecule is CCOC(=O)COc1c(C)cccc1Cc1cccc(Cc2cccc(Cc3cccc(CC)c3O)c2OCC(=O)OCC)c1O. The number of aromatic hydroxyl groups is 2. The maximum Gasteiger partial charge on any atom is 0.344 e. The Morgan fingerprint density at radius 1 is 0.543 bits per heavy atom. The van der Waals surface area contributed by atoms with Crippen LogP contribution >= 0.6 is 0 Å². The summed E-state index contributed by atoms with van der Waals surface area (Å²) in [6.07, 6.45) is 1.79. The largest absolute Gasteiger partial charge is 0.507 e. The molecule has 0 radical (unpaired) electrons. The molecule has 0 saturated carbocycles. The molecule has 8 heteroatoms. The highest BCUT2D eigenvalue weighted by molar-refractivity contribution is 5.71. The molecule has 4 aromatic carbocycles. The molecule has 0 fully saturated rings. The number of carbonyl (C=O) groups excluding carboxylic acids is 2. The van der Waals surface area contributed by atoms with Crippen molar-refractivity contribution >= 4 is 11.9 Å². The minimum Gasteiger partial charge on any atom is -0.507 e. The smallest absolute Gasteiger partial charge is 0.344 e. The van der Waals surface area contributed by atoms with Gasteiger partial charge in [-0.3, -0.25) is 0 Å². The Labute approximate surface area is 270 Å². The molecule has 0 saturated heterocycles. The third-order valence-electron chi connectivity index (χ3n) is 7.68. The third kappa shape index (κ3) is 8.59. The van der Waals surface area contributed by atoms with Gasteiger partial charge < -0.3 is 29.2 Å². The lowest BCUT2D eigenvalue weighted by atomic mass is 9.94. The summed E-state index contributed by atoms with van der Waals surface area (Å²) in [4.78, 5) is 24.2. The van der Waals surface area contributed by atoms with Crippen molar-refractivity contribution in [3.05, 3.63) is 117 Å².